The molecule has 0 atom stereocenters. The quantitative estimate of drug-likeness (QED) is 0.341. The van der Waals surface area contributed by atoms with Crippen LogP contribution in [0, 0.1) is 0 Å². The van der Waals surface area contributed by atoms with E-state index in [0.717, 1.165) is 23.4 Å². The maximum atomic E-state index is 13.4. The summed E-state index contributed by atoms with van der Waals surface area (Å²) in [5, 5.41) is 0.539. The number of alkyl halides is 3. The van der Waals surface area contributed by atoms with Crippen molar-refractivity contribution < 1.29 is 22.6 Å². The predicted molar refractivity (Wildman–Crippen MR) is 107 cm³/mol. The number of methoxy groups -OCH3 is 2. The standard InChI is InChI=1S/C20H16ClF3N2O2S/c1-27-16-8-7-12(9-17(16)28-2)15-10-18(20(22,23)24)26-19(25-15)29-11-13-5-3-4-6-14(13)21/h3-10H,11H2,1-2H3. The van der Waals surface area contributed by atoms with Crippen molar-refractivity contribution in [1.29, 1.82) is 0 Å². The van der Waals surface area contributed by atoms with Crippen LogP contribution < -0.4 is 9.47 Å². The van der Waals surface area contributed by atoms with E-state index in [4.69, 9.17) is 21.1 Å². The Kier molecular flexibility index (Phi) is 6.54. The summed E-state index contributed by atoms with van der Waals surface area (Å²) in [4.78, 5) is 7.98. The number of hydrogen-bond acceptors (Lipinski definition) is 5. The summed E-state index contributed by atoms with van der Waals surface area (Å²) < 4.78 is 50.6. The number of rotatable bonds is 6. The summed E-state index contributed by atoms with van der Waals surface area (Å²) >= 11 is 7.21. The van der Waals surface area contributed by atoms with Gasteiger partial charge in [0.1, 0.15) is 5.69 Å². The first-order chi connectivity index (χ1) is 13.8. The lowest BCUT2D eigenvalue weighted by molar-refractivity contribution is -0.141. The van der Waals surface area contributed by atoms with Crippen molar-refractivity contribution in [3.8, 4) is 22.8 Å². The highest BCUT2D eigenvalue weighted by atomic mass is 35.5. The molecule has 0 N–H and O–H groups in total. The van der Waals surface area contributed by atoms with E-state index >= 15 is 0 Å². The molecule has 1 heterocycles. The average Bonchev–Trinajstić information content (AvgIpc) is 2.71. The Labute approximate surface area is 175 Å². The number of ether oxygens (including phenoxy) is 2. The topological polar surface area (TPSA) is 44.2 Å². The summed E-state index contributed by atoms with van der Waals surface area (Å²) in [5.74, 6) is 1.20. The maximum absolute atomic E-state index is 13.4. The van der Waals surface area contributed by atoms with Gasteiger partial charge in [-0.1, -0.05) is 41.6 Å². The van der Waals surface area contributed by atoms with Gasteiger partial charge in [0.2, 0.25) is 0 Å². The molecule has 0 amide bonds. The highest BCUT2D eigenvalue weighted by molar-refractivity contribution is 7.98. The summed E-state index contributed by atoms with van der Waals surface area (Å²) in [6.07, 6.45) is -4.60. The molecule has 0 unspecified atom stereocenters. The lowest BCUT2D eigenvalue weighted by Crippen LogP contribution is -2.10. The van der Waals surface area contributed by atoms with E-state index in [1.807, 2.05) is 6.07 Å². The van der Waals surface area contributed by atoms with E-state index in [1.54, 1.807) is 36.4 Å². The van der Waals surface area contributed by atoms with E-state index in [9.17, 15) is 13.2 Å². The van der Waals surface area contributed by atoms with Crippen molar-refractivity contribution in [2.45, 2.75) is 17.1 Å². The molecule has 0 aliphatic rings. The number of aromatic nitrogens is 2. The van der Waals surface area contributed by atoms with Crippen LogP contribution in [-0.4, -0.2) is 24.2 Å². The normalized spacial score (nSPS) is 11.4. The van der Waals surface area contributed by atoms with Crippen LogP contribution in [0.3, 0.4) is 0 Å². The minimum absolute atomic E-state index is 0.00419. The first kappa shape index (κ1) is 21.3. The van der Waals surface area contributed by atoms with E-state index in [1.165, 1.54) is 14.2 Å². The molecule has 0 saturated carbocycles. The fraction of sp³-hybridized carbons (Fsp3) is 0.200. The SMILES string of the molecule is COc1ccc(-c2cc(C(F)(F)F)nc(SCc3ccccc3Cl)n2)cc1OC. The molecule has 0 fully saturated rings. The molecule has 2 aromatic carbocycles. The van der Waals surface area contributed by atoms with Gasteiger partial charge < -0.3 is 9.47 Å². The Morgan fingerprint density at radius 2 is 1.69 bits per heavy atom. The maximum Gasteiger partial charge on any atom is 0.433 e. The van der Waals surface area contributed by atoms with E-state index < -0.39 is 11.9 Å². The molecule has 9 heteroatoms. The summed E-state index contributed by atoms with van der Waals surface area (Å²) in [6, 6.07) is 12.8. The van der Waals surface area contributed by atoms with Gasteiger partial charge in [0.25, 0.3) is 0 Å². The molecule has 3 aromatic rings. The van der Waals surface area contributed by atoms with Crippen LogP contribution >= 0.6 is 23.4 Å². The molecule has 0 bridgehead atoms. The second-order valence-electron chi connectivity index (χ2n) is 5.87. The molecular formula is C20H16ClF3N2O2S. The van der Waals surface area contributed by atoms with Crippen molar-refractivity contribution >= 4 is 23.4 Å². The monoisotopic (exact) mass is 440 g/mol. The molecule has 3 rings (SSSR count). The largest absolute Gasteiger partial charge is 0.493 e. The third-order valence-electron chi connectivity index (χ3n) is 3.99. The third-order valence-corrected chi connectivity index (χ3v) is 5.25. The van der Waals surface area contributed by atoms with Crippen LogP contribution in [0.25, 0.3) is 11.3 Å². The zero-order chi connectivity index (χ0) is 21.0. The Morgan fingerprint density at radius 3 is 2.34 bits per heavy atom. The zero-order valence-electron chi connectivity index (χ0n) is 15.5. The van der Waals surface area contributed by atoms with Crippen LogP contribution in [-0.2, 0) is 11.9 Å². The van der Waals surface area contributed by atoms with E-state index in [2.05, 4.69) is 9.97 Å². The van der Waals surface area contributed by atoms with E-state index in [0.29, 0.717) is 27.8 Å². The van der Waals surface area contributed by atoms with Crippen molar-refractivity contribution in [2.24, 2.45) is 0 Å². The second-order valence-corrected chi connectivity index (χ2v) is 7.22. The highest BCUT2D eigenvalue weighted by Crippen LogP contribution is 2.36. The molecule has 0 aliphatic carbocycles. The first-order valence-electron chi connectivity index (χ1n) is 8.36. The van der Waals surface area contributed by atoms with Crippen molar-refractivity contribution in [3.05, 3.63) is 64.8 Å². The van der Waals surface area contributed by atoms with Gasteiger partial charge in [-0.25, -0.2) is 9.97 Å². The number of hydrogen-bond donors (Lipinski definition) is 0. The second kappa shape index (κ2) is 8.92. The molecular weight excluding hydrogens is 425 g/mol. The smallest absolute Gasteiger partial charge is 0.433 e. The van der Waals surface area contributed by atoms with Gasteiger partial charge in [-0.15, -0.1) is 0 Å². The molecule has 0 spiro atoms. The highest BCUT2D eigenvalue weighted by Gasteiger charge is 2.34. The Balaban J connectivity index is 1.99. The van der Waals surface area contributed by atoms with Crippen molar-refractivity contribution in [2.75, 3.05) is 14.2 Å². The van der Waals surface area contributed by atoms with E-state index in [-0.39, 0.29) is 10.9 Å². The molecule has 0 radical (unpaired) electrons. The van der Waals surface area contributed by atoms with Gasteiger partial charge in [0, 0.05) is 16.3 Å². The third kappa shape index (κ3) is 5.13. The number of halogens is 4. The zero-order valence-corrected chi connectivity index (χ0v) is 17.0. The van der Waals surface area contributed by atoms with Gasteiger partial charge in [0.15, 0.2) is 16.7 Å². The van der Waals surface area contributed by atoms with Crippen LogP contribution in [0.1, 0.15) is 11.3 Å². The number of thioether (sulfide) groups is 1. The van der Waals surface area contributed by atoms with Gasteiger partial charge in [-0.2, -0.15) is 13.2 Å². The molecule has 4 nitrogen and oxygen atoms in total. The molecule has 1 aromatic heterocycles. The van der Waals surface area contributed by atoms with Crippen molar-refractivity contribution in [3.63, 3.8) is 0 Å². The van der Waals surface area contributed by atoms with Gasteiger partial charge in [-0.3, -0.25) is 0 Å². The van der Waals surface area contributed by atoms with Crippen molar-refractivity contribution in [1.82, 2.24) is 9.97 Å². The lowest BCUT2D eigenvalue weighted by Gasteiger charge is -2.12. The first-order valence-corrected chi connectivity index (χ1v) is 9.73. The van der Waals surface area contributed by atoms with Gasteiger partial charge in [0.05, 0.1) is 19.9 Å². The predicted octanol–water partition coefficient (Wildman–Crippen LogP) is 6.13. The fourth-order valence-electron chi connectivity index (χ4n) is 2.54. The average molecular weight is 441 g/mol. The minimum Gasteiger partial charge on any atom is -0.493 e. The fourth-order valence-corrected chi connectivity index (χ4v) is 3.68. The number of nitrogens with zero attached hydrogens (tertiary/aromatic N) is 2. The number of benzene rings is 2. The summed E-state index contributed by atoms with van der Waals surface area (Å²) in [6.45, 7) is 0. The Bertz CT molecular complexity index is 1020. The van der Waals surface area contributed by atoms with Crippen LogP contribution in [0.4, 0.5) is 13.2 Å². The lowest BCUT2D eigenvalue weighted by atomic mass is 10.1. The summed E-state index contributed by atoms with van der Waals surface area (Å²) in [7, 11) is 2.93. The minimum atomic E-state index is -4.60. The Hall–Kier alpha value is -2.45. The van der Waals surface area contributed by atoms with Crippen LogP contribution in [0.2, 0.25) is 5.02 Å². The Morgan fingerprint density at radius 1 is 0.966 bits per heavy atom. The van der Waals surface area contributed by atoms with Crippen LogP contribution in [0.15, 0.2) is 53.7 Å². The molecule has 0 saturated heterocycles. The van der Waals surface area contributed by atoms with Gasteiger partial charge >= 0.3 is 6.18 Å². The molecule has 29 heavy (non-hydrogen) atoms. The van der Waals surface area contributed by atoms with Crippen LogP contribution in [0.5, 0.6) is 11.5 Å². The molecule has 152 valence electrons. The van der Waals surface area contributed by atoms with Gasteiger partial charge in [-0.05, 0) is 35.9 Å². The summed E-state index contributed by atoms with van der Waals surface area (Å²) in [5.41, 5.74) is 0.358. The molecule has 0 aliphatic heterocycles.